The van der Waals surface area contributed by atoms with Gasteiger partial charge < -0.3 is 19.5 Å². The highest BCUT2D eigenvalue weighted by Crippen LogP contribution is 2.35. The summed E-state index contributed by atoms with van der Waals surface area (Å²) in [5.74, 6) is -1.29. The van der Waals surface area contributed by atoms with Crippen LogP contribution in [-0.4, -0.2) is 66.7 Å². The van der Waals surface area contributed by atoms with Gasteiger partial charge in [-0.3, -0.25) is 14.5 Å². The molecule has 3 rings (SSSR count). The summed E-state index contributed by atoms with van der Waals surface area (Å²) in [6.07, 6.45) is -0.779. The molecule has 0 aromatic heterocycles. The zero-order valence-electron chi connectivity index (χ0n) is 13.2. The smallest absolute Gasteiger partial charge is 0.335 e. The predicted octanol–water partition coefficient (Wildman–Crippen LogP) is 0.358. The lowest BCUT2D eigenvalue weighted by Gasteiger charge is -2.35. The first-order valence-corrected chi connectivity index (χ1v) is 7.68. The van der Waals surface area contributed by atoms with Crippen LogP contribution in [-0.2, 0) is 14.3 Å². The molecule has 1 fully saturated rings. The van der Waals surface area contributed by atoms with Crippen LogP contribution in [0.4, 0.5) is 5.69 Å². The molecule has 1 atom stereocenters. The minimum Gasteiger partial charge on any atom is -0.479 e. The molecule has 1 saturated heterocycles. The quantitative estimate of drug-likeness (QED) is 0.857. The lowest BCUT2D eigenvalue weighted by atomic mass is 10.1. The van der Waals surface area contributed by atoms with Gasteiger partial charge in [0.05, 0.1) is 24.5 Å². The summed E-state index contributed by atoms with van der Waals surface area (Å²) in [5, 5.41) is 9.08. The molecule has 8 nitrogen and oxygen atoms in total. The second-order valence-corrected chi connectivity index (χ2v) is 5.67. The van der Waals surface area contributed by atoms with Crippen LogP contribution in [0.5, 0.6) is 5.75 Å². The Labute approximate surface area is 138 Å². The molecule has 1 unspecified atom stereocenters. The van der Waals surface area contributed by atoms with Gasteiger partial charge in [-0.15, -0.1) is 0 Å². The van der Waals surface area contributed by atoms with E-state index >= 15 is 0 Å². The maximum atomic E-state index is 12.4. The Morgan fingerprint density at radius 1 is 1.29 bits per heavy atom. The summed E-state index contributed by atoms with van der Waals surface area (Å²) in [5.41, 5.74) is 0.472. The molecule has 0 bridgehead atoms. The van der Waals surface area contributed by atoms with E-state index < -0.39 is 12.1 Å². The van der Waals surface area contributed by atoms with Crippen molar-refractivity contribution in [3.05, 3.63) is 23.8 Å². The van der Waals surface area contributed by atoms with E-state index in [1.54, 1.807) is 11.8 Å². The van der Waals surface area contributed by atoms with Crippen LogP contribution in [0.1, 0.15) is 17.3 Å². The fourth-order valence-corrected chi connectivity index (χ4v) is 2.75. The number of amides is 2. The average Bonchev–Trinajstić information content (AvgIpc) is 2.59. The minimum atomic E-state index is -1.08. The molecule has 128 valence electrons. The predicted molar refractivity (Wildman–Crippen MR) is 83.2 cm³/mol. The second kappa shape index (κ2) is 6.48. The number of benzene rings is 1. The van der Waals surface area contributed by atoms with Crippen molar-refractivity contribution in [3.63, 3.8) is 0 Å². The molecule has 8 heteroatoms. The van der Waals surface area contributed by atoms with Crippen LogP contribution in [0.25, 0.3) is 0 Å². The number of carboxylic acid groups (broad SMARTS) is 1. The van der Waals surface area contributed by atoms with E-state index in [0.29, 0.717) is 32.0 Å². The van der Waals surface area contributed by atoms with Gasteiger partial charge in [0.15, 0.2) is 6.10 Å². The maximum Gasteiger partial charge on any atom is 0.335 e. The van der Waals surface area contributed by atoms with Gasteiger partial charge in [-0.1, -0.05) is 0 Å². The number of aromatic carboxylic acids is 1. The largest absolute Gasteiger partial charge is 0.479 e. The molecule has 2 amide bonds. The zero-order valence-corrected chi connectivity index (χ0v) is 13.2. The van der Waals surface area contributed by atoms with Crippen molar-refractivity contribution in [2.45, 2.75) is 13.0 Å². The molecule has 0 spiro atoms. The molecule has 1 aromatic rings. The highest BCUT2D eigenvalue weighted by molar-refractivity contribution is 6.04. The van der Waals surface area contributed by atoms with E-state index in [9.17, 15) is 14.4 Å². The molecule has 2 aliphatic rings. The number of fused-ring (bicyclic) bond motifs is 1. The molecule has 24 heavy (non-hydrogen) atoms. The highest BCUT2D eigenvalue weighted by atomic mass is 16.5. The normalized spacial score (nSPS) is 20.4. The molecule has 2 aliphatic heterocycles. The Morgan fingerprint density at radius 3 is 2.67 bits per heavy atom. The topological polar surface area (TPSA) is 96.4 Å². The number of hydrogen-bond acceptors (Lipinski definition) is 5. The summed E-state index contributed by atoms with van der Waals surface area (Å²) in [4.78, 5) is 39.0. The number of nitrogens with zero attached hydrogens (tertiary/aromatic N) is 2. The van der Waals surface area contributed by atoms with E-state index in [2.05, 4.69) is 0 Å². The number of carbonyl (C=O) groups excluding carboxylic acids is 2. The molecular weight excluding hydrogens is 316 g/mol. The number of anilines is 1. The first kappa shape index (κ1) is 16.3. The molecule has 1 N–H and O–H groups in total. The number of rotatable bonds is 3. The summed E-state index contributed by atoms with van der Waals surface area (Å²) in [6, 6.07) is 4.25. The van der Waals surface area contributed by atoms with Gasteiger partial charge in [-0.2, -0.15) is 0 Å². The lowest BCUT2D eigenvalue weighted by molar-refractivity contribution is -0.136. The minimum absolute atomic E-state index is 0.0646. The number of carboxylic acids is 1. The molecule has 2 heterocycles. The van der Waals surface area contributed by atoms with Crippen molar-refractivity contribution in [2.24, 2.45) is 0 Å². The van der Waals surface area contributed by atoms with E-state index in [0.717, 1.165) is 0 Å². The molecule has 0 aliphatic carbocycles. The van der Waals surface area contributed by atoms with Crippen LogP contribution < -0.4 is 9.64 Å². The van der Waals surface area contributed by atoms with Gasteiger partial charge in [-0.05, 0) is 25.1 Å². The fourth-order valence-electron chi connectivity index (χ4n) is 2.75. The van der Waals surface area contributed by atoms with Crippen molar-refractivity contribution in [1.29, 1.82) is 0 Å². The van der Waals surface area contributed by atoms with Crippen molar-refractivity contribution in [1.82, 2.24) is 4.90 Å². The van der Waals surface area contributed by atoms with Crippen molar-refractivity contribution in [3.8, 4) is 5.75 Å². The van der Waals surface area contributed by atoms with E-state index in [-0.39, 0.29) is 29.7 Å². The van der Waals surface area contributed by atoms with Crippen LogP contribution in [0.3, 0.4) is 0 Å². The van der Waals surface area contributed by atoms with Crippen molar-refractivity contribution >= 4 is 23.5 Å². The van der Waals surface area contributed by atoms with Crippen LogP contribution in [0.2, 0.25) is 0 Å². The standard InChI is InChI=1S/C16H18N2O6/c1-10-15(20)18(9-14(19)17-4-6-23-7-5-17)12-3-2-11(16(21)22)8-13(12)24-10/h2-3,8,10H,4-7,9H2,1H3,(H,21,22). The first-order valence-electron chi connectivity index (χ1n) is 7.68. The van der Waals surface area contributed by atoms with Crippen molar-refractivity contribution in [2.75, 3.05) is 37.7 Å². The van der Waals surface area contributed by atoms with Gasteiger partial charge in [0, 0.05) is 13.1 Å². The van der Waals surface area contributed by atoms with E-state index in [4.69, 9.17) is 14.6 Å². The molecular formula is C16H18N2O6. The number of carbonyl (C=O) groups is 3. The monoisotopic (exact) mass is 334 g/mol. The number of ether oxygens (including phenoxy) is 2. The maximum absolute atomic E-state index is 12.4. The molecule has 0 saturated carbocycles. The Kier molecular flexibility index (Phi) is 4.39. The third kappa shape index (κ3) is 3.05. The fraction of sp³-hybridized carbons (Fsp3) is 0.438. The van der Waals surface area contributed by atoms with Gasteiger partial charge >= 0.3 is 5.97 Å². The Bertz CT molecular complexity index is 683. The lowest BCUT2D eigenvalue weighted by Crippen LogP contribution is -2.51. The zero-order chi connectivity index (χ0) is 17.3. The third-order valence-electron chi connectivity index (χ3n) is 4.07. The Hall–Kier alpha value is -2.61. The van der Waals surface area contributed by atoms with Gasteiger partial charge in [0.2, 0.25) is 5.91 Å². The summed E-state index contributed by atoms with van der Waals surface area (Å²) >= 11 is 0. The number of morpholine rings is 1. The Morgan fingerprint density at radius 2 is 2.00 bits per heavy atom. The molecule has 1 aromatic carbocycles. The highest BCUT2D eigenvalue weighted by Gasteiger charge is 2.34. The summed E-state index contributed by atoms with van der Waals surface area (Å²) < 4.78 is 10.7. The summed E-state index contributed by atoms with van der Waals surface area (Å²) in [7, 11) is 0. The second-order valence-electron chi connectivity index (χ2n) is 5.67. The van der Waals surface area contributed by atoms with E-state index in [1.165, 1.54) is 23.1 Å². The van der Waals surface area contributed by atoms with Crippen LogP contribution in [0, 0.1) is 0 Å². The van der Waals surface area contributed by atoms with Crippen molar-refractivity contribution < 1.29 is 29.0 Å². The summed E-state index contributed by atoms with van der Waals surface area (Å²) in [6.45, 7) is 3.43. The van der Waals surface area contributed by atoms with Gasteiger partial charge in [0.25, 0.3) is 5.91 Å². The van der Waals surface area contributed by atoms with Crippen LogP contribution >= 0.6 is 0 Å². The SMILES string of the molecule is CC1Oc2cc(C(=O)O)ccc2N(CC(=O)N2CCOCC2)C1=O. The first-order chi connectivity index (χ1) is 11.5. The van der Waals surface area contributed by atoms with Crippen LogP contribution in [0.15, 0.2) is 18.2 Å². The Balaban J connectivity index is 1.85. The third-order valence-corrected chi connectivity index (χ3v) is 4.07. The number of hydrogen-bond donors (Lipinski definition) is 1. The van der Waals surface area contributed by atoms with E-state index in [1.807, 2.05) is 0 Å². The molecule has 0 radical (unpaired) electrons. The van der Waals surface area contributed by atoms with Gasteiger partial charge in [-0.25, -0.2) is 4.79 Å². The van der Waals surface area contributed by atoms with Gasteiger partial charge in [0.1, 0.15) is 12.3 Å². The average molecular weight is 334 g/mol.